The Morgan fingerprint density at radius 1 is 1.16 bits per heavy atom. The van der Waals surface area contributed by atoms with E-state index in [1.807, 2.05) is 6.92 Å². The number of nitrogens with one attached hydrogen (secondary N) is 2. The molecule has 0 saturated heterocycles. The fourth-order valence-corrected chi connectivity index (χ4v) is 2.60. The number of carbonyl (C=O) groups is 2. The molecule has 1 unspecified atom stereocenters. The van der Waals surface area contributed by atoms with E-state index in [-0.39, 0.29) is 12.1 Å². The first-order valence-corrected chi connectivity index (χ1v) is 7.01. The zero-order valence-electron chi connectivity index (χ0n) is 12.3. The van der Waals surface area contributed by atoms with Crippen LogP contribution in [0, 0.1) is 11.3 Å². The van der Waals surface area contributed by atoms with Crippen LogP contribution in [-0.2, 0) is 4.79 Å². The van der Waals surface area contributed by atoms with Gasteiger partial charge in [0.2, 0.25) is 0 Å². The summed E-state index contributed by atoms with van der Waals surface area (Å²) in [5, 5.41) is 14.6. The van der Waals surface area contributed by atoms with E-state index in [9.17, 15) is 9.59 Å². The van der Waals surface area contributed by atoms with Crippen molar-refractivity contribution >= 4 is 12.0 Å². The van der Waals surface area contributed by atoms with Crippen molar-refractivity contribution in [3.63, 3.8) is 0 Å². The third-order valence-electron chi connectivity index (χ3n) is 3.85. The highest BCUT2D eigenvalue weighted by Crippen LogP contribution is 2.27. The average molecular weight is 270 g/mol. The van der Waals surface area contributed by atoms with Crippen LogP contribution in [0.1, 0.15) is 53.4 Å². The summed E-state index contributed by atoms with van der Waals surface area (Å²) in [4.78, 5) is 23.1. The Balaban J connectivity index is 2.50. The van der Waals surface area contributed by atoms with Gasteiger partial charge in [0.05, 0.1) is 0 Å². The van der Waals surface area contributed by atoms with E-state index < -0.39 is 17.4 Å². The zero-order chi connectivity index (χ0) is 14.6. The normalized spacial score (nSPS) is 19.8. The summed E-state index contributed by atoms with van der Waals surface area (Å²) in [5.74, 6) is -0.486. The van der Waals surface area contributed by atoms with Gasteiger partial charge in [-0.05, 0) is 31.1 Å². The van der Waals surface area contributed by atoms with Crippen molar-refractivity contribution in [1.29, 1.82) is 0 Å². The van der Waals surface area contributed by atoms with Gasteiger partial charge in [-0.15, -0.1) is 0 Å². The van der Waals surface area contributed by atoms with E-state index >= 15 is 0 Å². The molecule has 0 radical (unpaired) electrons. The molecule has 1 saturated carbocycles. The highest BCUT2D eigenvalue weighted by Gasteiger charge is 2.33. The second-order valence-corrected chi connectivity index (χ2v) is 6.59. The molecule has 1 fully saturated rings. The van der Waals surface area contributed by atoms with E-state index in [0.717, 1.165) is 12.8 Å². The quantitative estimate of drug-likeness (QED) is 0.733. The van der Waals surface area contributed by atoms with Crippen molar-refractivity contribution in [2.45, 2.75) is 65.5 Å². The molecule has 0 bridgehead atoms. The molecule has 0 aromatic heterocycles. The maximum atomic E-state index is 11.9. The van der Waals surface area contributed by atoms with E-state index in [1.54, 1.807) is 20.8 Å². The summed E-state index contributed by atoms with van der Waals surface area (Å²) in [6, 6.07) is -1.18. The summed E-state index contributed by atoms with van der Waals surface area (Å²) >= 11 is 0. The van der Waals surface area contributed by atoms with E-state index in [2.05, 4.69) is 10.6 Å². The first kappa shape index (κ1) is 15.8. The Morgan fingerprint density at radius 2 is 1.68 bits per heavy atom. The minimum atomic E-state index is -1.00. The number of rotatable bonds is 4. The molecule has 0 spiro atoms. The number of amides is 2. The molecule has 3 N–H and O–H groups in total. The van der Waals surface area contributed by atoms with Gasteiger partial charge in [-0.1, -0.05) is 33.6 Å². The number of carboxylic acid groups (broad SMARTS) is 1. The van der Waals surface area contributed by atoms with Crippen LogP contribution in [0.25, 0.3) is 0 Å². The molecule has 0 aromatic rings. The van der Waals surface area contributed by atoms with Gasteiger partial charge in [0, 0.05) is 6.04 Å². The maximum Gasteiger partial charge on any atom is 0.326 e. The number of aliphatic carboxylic acids is 1. The van der Waals surface area contributed by atoms with Crippen molar-refractivity contribution < 1.29 is 14.7 Å². The average Bonchev–Trinajstić information content (AvgIpc) is 2.77. The van der Waals surface area contributed by atoms with Gasteiger partial charge in [-0.25, -0.2) is 9.59 Å². The van der Waals surface area contributed by atoms with Crippen LogP contribution in [0.3, 0.4) is 0 Å². The SMILES string of the molecule is CC(NC(=O)N[C@H](C(=O)O)C(C)(C)C)C1CCCC1. The number of carbonyl (C=O) groups excluding carboxylic acids is 1. The lowest BCUT2D eigenvalue weighted by molar-refractivity contribution is -0.141. The third kappa shape index (κ3) is 4.73. The number of carboxylic acids is 1. The molecule has 2 atom stereocenters. The van der Waals surface area contributed by atoms with E-state index in [1.165, 1.54) is 12.8 Å². The predicted octanol–water partition coefficient (Wildman–Crippen LogP) is 2.36. The summed E-state index contributed by atoms with van der Waals surface area (Å²) in [7, 11) is 0. The highest BCUT2D eigenvalue weighted by molar-refractivity contribution is 5.83. The highest BCUT2D eigenvalue weighted by atomic mass is 16.4. The lowest BCUT2D eigenvalue weighted by Gasteiger charge is -2.29. The van der Waals surface area contributed by atoms with Crippen LogP contribution in [0.4, 0.5) is 4.79 Å². The zero-order valence-corrected chi connectivity index (χ0v) is 12.3. The topological polar surface area (TPSA) is 78.4 Å². The molecule has 110 valence electrons. The molecular weight excluding hydrogens is 244 g/mol. The van der Waals surface area contributed by atoms with Gasteiger partial charge in [-0.3, -0.25) is 0 Å². The van der Waals surface area contributed by atoms with Crippen molar-refractivity contribution in [2.24, 2.45) is 11.3 Å². The molecule has 0 aromatic carbocycles. The fourth-order valence-electron chi connectivity index (χ4n) is 2.60. The minimum absolute atomic E-state index is 0.0944. The minimum Gasteiger partial charge on any atom is -0.480 e. The first-order chi connectivity index (χ1) is 8.71. The molecule has 0 heterocycles. The van der Waals surface area contributed by atoms with Crippen molar-refractivity contribution in [2.75, 3.05) is 0 Å². The summed E-state index contributed by atoms with van der Waals surface area (Å²) in [6.07, 6.45) is 4.72. The van der Waals surface area contributed by atoms with Gasteiger partial charge in [0.1, 0.15) is 6.04 Å². The van der Waals surface area contributed by atoms with Crippen LogP contribution >= 0.6 is 0 Å². The van der Waals surface area contributed by atoms with Gasteiger partial charge >= 0.3 is 12.0 Å². The standard InChI is InChI=1S/C14H26N2O3/c1-9(10-7-5-6-8-10)15-13(19)16-11(12(17)18)14(2,3)4/h9-11H,5-8H2,1-4H3,(H,17,18)(H2,15,16,19)/t9?,11-/m1/s1. The Labute approximate surface area is 115 Å². The largest absolute Gasteiger partial charge is 0.480 e. The maximum absolute atomic E-state index is 11.9. The summed E-state index contributed by atoms with van der Waals surface area (Å²) in [6.45, 7) is 7.38. The third-order valence-corrected chi connectivity index (χ3v) is 3.85. The Kier molecular flexibility index (Phi) is 5.20. The Morgan fingerprint density at radius 3 is 2.11 bits per heavy atom. The fraction of sp³-hybridized carbons (Fsp3) is 0.857. The van der Waals surface area contributed by atoms with Gasteiger partial charge in [-0.2, -0.15) is 0 Å². The molecule has 0 aliphatic heterocycles. The molecule has 1 aliphatic rings. The van der Waals surface area contributed by atoms with Crippen molar-refractivity contribution in [1.82, 2.24) is 10.6 Å². The Hall–Kier alpha value is -1.26. The molecule has 1 rings (SSSR count). The van der Waals surface area contributed by atoms with Crippen LogP contribution in [0.5, 0.6) is 0 Å². The van der Waals surface area contributed by atoms with Crippen LogP contribution in [0.2, 0.25) is 0 Å². The lowest BCUT2D eigenvalue weighted by Crippen LogP contribution is -2.54. The van der Waals surface area contributed by atoms with Gasteiger partial charge < -0.3 is 15.7 Å². The Bertz CT molecular complexity index is 330. The number of hydrogen-bond donors (Lipinski definition) is 3. The molecule has 19 heavy (non-hydrogen) atoms. The number of hydrogen-bond acceptors (Lipinski definition) is 2. The summed E-state index contributed by atoms with van der Waals surface area (Å²) in [5.41, 5.74) is -0.514. The molecule has 1 aliphatic carbocycles. The van der Waals surface area contributed by atoms with Crippen molar-refractivity contribution in [3.8, 4) is 0 Å². The van der Waals surface area contributed by atoms with E-state index in [0.29, 0.717) is 5.92 Å². The molecule has 2 amide bonds. The number of urea groups is 1. The van der Waals surface area contributed by atoms with Crippen LogP contribution in [-0.4, -0.2) is 29.2 Å². The second kappa shape index (κ2) is 6.26. The predicted molar refractivity (Wildman–Crippen MR) is 74.0 cm³/mol. The molecular formula is C14H26N2O3. The van der Waals surface area contributed by atoms with Crippen molar-refractivity contribution in [3.05, 3.63) is 0 Å². The smallest absolute Gasteiger partial charge is 0.326 e. The van der Waals surface area contributed by atoms with Gasteiger partial charge in [0.15, 0.2) is 0 Å². The van der Waals surface area contributed by atoms with Crippen LogP contribution < -0.4 is 10.6 Å². The second-order valence-electron chi connectivity index (χ2n) is 6.59. The van der Waals surface area contributed by atoms with E-state index in [4.69, 9.17) is 5.11 Å². The lowest BCUT2D eigenvalue weighted by atomic mass is 9.87. The monoisotopic (exact) mass is 270 g/mol. The molecule has 5 nitrogen and oxygen atoms in total. The molecule has 5 heteroatoms. The van der Waals surface area contributed by atoms with Gasteiger partial charge in [0.25, 0.3) is 0 Å². The first-order valence-electron chi connectivity index (χ1n) is 7.01. The summed E-state index contributed by atoms with van der Waals surface area (Å²) < 4.78 is 0. The van der Waals surface area contributed by atoms with Crippen LogP contribution in [0.15, 0.2) is 0 Å².